The molecular formula is C33H24Cl2F3N3O3S. The van der Waals surface area contributed by atoms with Crippen LogP contribution in [-0.2, 0) is 16.1 Å². The molecule has 0 fully saturated rings. The third-order valence-corrected chi connectivity index (χ3v) is 9.08. The van der Waals surface area contributed by atoms with Gasteiger partial charge in [-0.15, -0.1) is 0 Å². The van der Waals surface area contributed by atoms with Gasteiger partial charge in [0, 0.05) is 38.8 Å². The van der Waals surface area contributed by atoms with Crippen LogP contribution in [0.5, 0.6) is 0 Å². The number of aromatic nitrogens is 2. The van der Waals surface area contributed by atoms with Crippen LogP contribution < -0.4 is 14.9 Å². The molecule has 0 amide bonds. The van der Waals surface area contributed by atoms with Gasteiger partial charge in [0.25, 0.3) is 5.56 Å². The van der Waals surface area contributed by atoms with Crippen molar-refractivity contribution in [2.45, 2.75) is 32.6 Å². The first kappa shape index (κ1) is 30.9. The number of para-hydroxylation sites is 1. The lowest BCUT2D eigenvalue weighted by atomic mass is 9.95. The second-order valence-electron chi connectivity index (χ2n) is 10.3. The topological polar surface area (TPSA) is 65.6 Å². The minimum absolute atomic E-state index is 0.162. The minimum atomic E-state index is -4.99. The van der Waals surface area contributed by atoms with Crippen LogP contribution in [0.1, 0.15) is 35.3 Å². The molecule has 0 bridgehead atoms. The lowest BCUT2D eigenvalue weighted by molar-refractivity contribution is -0.140. The molecule has 0 N–H and O–H groups in total. The van der Waals surface area contributed by atoms with Crippen molar-refractivity contribution in [2.75, 3.05) is 6.61 Å². The Morgan fingerprint density at radius 2 is 1.67 bits per heavy atom. The molecular weight excluding hydrogens is 646 g/mol. The molecule has 0 unspecified atom stereocenters. The molecule has 1 aliphatic heterocycles. The van der Waals surface area contributed by atoms with E-state index in [0.29, 0.717) is 16.6 Å². The van der Waals surface area contributed by atoms with E-state index < -0.39 is 35.0 Å². The zero-order valence-electron chi connectivity index (χ0n) is 23.9. The molecule has 12 heteroatoms. The third-order valence-electron chi connectivity index (χ3n) is 7.59. The van der Waals surface area contributed by atoms with Crippen molar-refractivity contribution in [3.8, 4) is 0 Å². The molecule has 6 nitrogen and oxygen atoms in total. The highest BCUT2D eigenvalue weighted by Crippen LogP contribution is 2.38. The maximum absolute atomic E-state index is 14.4. The van der Waals surface area contributed by atoms with E-state index in [1.54, 1.807) is 6.08 Å². The fourth-order valence-corrected chi connectivity index (χ4v) is 6.78. The van der Waals surface area contributed by atoms with Gasteiger partial charge >= 0.3 is 12.1 Å². The second kappa shape index (κ2) is 12.0. The number of rotatable bonds is 6. The molecule has 45 heavy (non-hydrogen) atoms. The summed E-state index contributed by atoms with van der Waals surface area (Å²) in [5, 5.41) is 1.84. The number of thiazole rings is 1. The minimum Gasteiger partial charge on any atom is -0.463 e. The maximum Gasteiger partial charge on any atom is 0.434 e. The molecule has 230 valence electrons. The van der Waals surface area contributed by atoms with Gasteiger partial charge in [0.1, 0.15) is 0 Å². The van der Waals surface area contributed by atoms with Gasteiger partial charge in [0.2, 0.25) is 0 Å². The molecule has 3 aromatic carbocycles. The van der Waals surface area contributed by atoms with Crippen molar-refractivity contribution in [1.29, 1.82) is 0 Å². The number of hydrogen-bond donors (Lipinski definition) is 0. The summed E-state index contributed by atoms with van der Waals surface area (Å²) in [7, 11) is 0. The molecule has 3 heterocycles. The van der Waals surface area contributed by atoms with E-state index in [9.17, 15) is 22.8 Å². The zero-order valence-corrected chi connectivity index (χ0v) is 26.2. The number of esters is 1. The standard InChI is InChI=1S/C33H24Cl2F3N3O3S/c1-3-44-31(43)27-28(20-10-14-22(35)15-11-20)41-30(42)26(45-32(41)39-29(27)33(36,37)38)16-24-18(2)40(25-7-5-4-6-23(24)25)17-19-8-12-21(34)13-9-19/h4-16,28H,3,17H2,1-2H3/b26-16-/t28-/m0/s1. The molecule has 1 atom stereocenters. The Balaban J connectivity index is 1.59. The average molecular weight is 671 g/mol. The fraction of sp³-hybridized carbons (Fsp3) is 0.182. The quantitative estimate of drug-likeness (QED) is 0.184. The second-order valence-corrected chi connectivity index (χ2v) is 12.2. The summed E-state index contributed by atoms with van der Waals surface area (Å²) in [5.41, 5.74) is 1.04. The SMILES string of the molecule is CCOC(=O)C1=C(C(F)(F)F)N=c2s/c(=C\c3c(C)n(Cc4ccc(Cl)cc4)c4ccccc34)c(=O)n2[C@H]1c1ccc(Cl)cc1. The maximum atomic E-state index is 14.4. The van der Waals surface area contributed by atoms with Crippen LogP contribution in [-0.4, -0.2) is 27.9 Å². The van der Waals surface area contributed by atoms with E-state index in [0.717, 1.165) is 43.6 Å². The summed E-state index contributed by atoms with van der Waals surface area (Å²) in [4.78, 5) is 30.9. The Morgan fingerprint density at radius 1 is 1.02 bits per heavy atom. The van der Waals surface area contributed by atoms with Gasteiger partial charge in [0.05, 0.1) is 22.8 Å². The summed E-state index contributed by atoms with van der Waals surface area (Å²) < 4.78 is 51.8. The zero-order chi connectivity index (χ0) is 32.0. The number of benzene rings is 3. The molecule has 0 aliphatic carbocycles. The average Bonchev–Trinajstić information content (AvgIpc) is 3.46. The molecule has 0 spiro atoms. The molecule has 0 radical (unpaired) electrons. The highest BCUT2D eigenvalue weighted by Gasteiger charge is 2.45. The van der Waals surface area contributed by atoms with Gasteiger partial charge in [-0.3, -0.25) is 9.36 Å². The van der Waals surface area contributed by atoms with Crippen LogP contribution in [0.15, 0.2) is 93.9 Å². The Morgan fingerprint density at radius 3 is 2.31 bits per heavy atom. The largest absolute Gasteiger partial charge is 0.463 e. The lowest BCUT2D eigenvalue weighted by Gasteiger charge is -2.26. The number of ether oxygens (including phenoxy) is 1. The Bertz CT molecular complexity index is 2160. The number of fused-ring (bicyclic) bond motifs is 2. The van der Waals surface area contributed by atoms with Crippen molar-refractivity contribution < 1.29 is 22.7 Å². The van der Waals surface area contributed by atoms with E-state index in [4.69, 9.17) is 27.9 Å². The number of alkyl halides is 3. The number of allylic oxidation sites excluding steroid dienone is 1. The van der Waals surface area contributed by atoms with Crippen LogP contribution in [0.25, 0.3) is 17.0 Å². The number of hydrogen-bond acceptors (Lipinski definition) is 5. The molecule has 1 aliphatic rings. The first-order valence-electron chi connectivity index (χ1n) is 13.9. The van der Waals surface area contributed by atoms with E-state index in [1.807, 2.05) is 55.5 Å². The Kier molecular flexibility index (Phi) is 8.24. The van der Waals surface area contributed by atoms with Gasteiger partial charge in [-0.05, 0) is 61.4 Å². The summed E-state index contributed by atoms with van der Waals surface area (Å²) >= 11 is 13.0. The third kappa shape index (κ3) is 5.74. The molecule has 0 saturated heterocycles. The Hall–Kier alpha value is -4.12. The van der Waals surface area contributed by atoms with Gasteiger partial charge in [-0.1, -0.05) is 77.0 Å². The van der Waals surface area contributed by atoms with E-state index in [-0.39, 0.29) is 21.5 Å². The summed E-state index contributed by atoms with van der Waals surface area (Å²) in [6, 6.07) is 19.7. The number of nitrogens with zero attached hydrogens (tertiary/aromatic N) is 3. The predicted molar refractivity (Wildman–Crippen MR) is 169 cm³/mol. The fourth-order valence-electron chi connectivity index (χ4n) is 5.55. The molecule has 2 aromatic heterocycles. The number of halogens is 5. The summed E-state index contributed by atoms with van der Waals surface area (Å²) in [6.45, 7) is 3.79. The van der Waals surface area contributed by atoms with Crippen LogP contribution in [0.3, 0.4) is 0 Å². The molecule has 5 aromatic rings. The van der Waals surface area contributed by atoms with Crippen LogP contribution >= 0.6 is 34.5 Å². The first-order chi connectivity index (χ1) is 21.5. The first-order valence-corrected chi connectivity index (χ1v) is 15.4. The molecule has 6 rings (SSSR count). The summed E-state index contributed by atoms with van der Waals surface area (Å²) in [5.74, 6) is -1.20. The van der Waals surface area contributed by atoms with Gasteiger partial charge in [-0.25, -0.2) is 9.79 Å². The van der Waals surface area contributed by atoms with Crippen molar-refractivity contribution >= 4 is 57.5 Å². The van der Waals surface area contributed by atoms with E-state index in [1.165, 1.54) is 31.2 Å². The van der Waals surface area contributed by atoms with E-state index >= 15 is 0 Å². The lowest BCUT2D eigenvalue weighted by Crippen LogP contribution is -2.41. The van der Waals surface area contributed by atoms with Gasteiger partial charge < -0.3 is 9.30 Å². The smallest absolute Gasteiger partial charge is 0.434 e. The van der Waals surface area contributed by atoms with Gasteiger partial charge in [-0.2, -0.15) is 13.2 Å². The normalized spacial score (nSPS) is 15.4. The summed E-state index contributed by atoms with van der Waals surface area (Å²) in [6.07, 6.45) is -3.31. The van der Waals surface area contributed by atoms with Crippen molar-refractivity contribution in [1.82, 2.24) is 9.13 Å². The highest BCUT2D eigenvalue weighted by atomic mass is 35.5. The van der Waals surface area contributed by atoms with Crippen LogP contribution in [0.4, 0.5) is 13.2 Å². The van der Waals surface area contributed by atoms with Crippen LogP contribution in [0.2, 0.25) is 10.0 Å². The van der Waals surface area contributed by atoms with E-state index in [2.05, 4.69) is 9.56 Å². The van der Waals surface area contributed by atoms with Crippen molar-refractivity contribution in [3.63, 3.8) is 0 Å². The number of carbonyl (C=O) groups is 1. The molecule has 0 saturated carbocycles. The van der Waals surface area contributed by atoms with Crippen LogP contribution in [0, 0.1) is 6.92 Å². The number of carbonyl (C=O) groups excluding carboxylic acids is 1. The van der Waals surface area contributed by atoms with Gasteiger partial charge in [0.15, 0.2) is 10.5 Å². The monoisotopic (exact) mass is 669 g/mol. The highest BCUT2D eigenvalue weighted by molar-refractivity contribution is 7.07. The Labute approximate surface area is 268 Å². The van der Waals surface area contributed by atoms with Crippen molar-refractivity contribution in [2.24, 2.45) is 4.99 Å². The predicted octanol–water partition coefficient (Wildman–Crippen LogP) is 6.96. The van der Waals surface area contributed by atoms with Crippen molar-refractivity contribution in [3.05, 3.63) is 136 Å².